The van der Waals surface area contributed by atoms with Crippen LogP contribution in [0.3, 0.4) is 0 Å². The van der Waals surface area contributed by atoms with Gasteiger partial charge in [0, 0.05) is 40.8 Å². The van der Waals surface area contributed by atoms with Crippen LogP contribution in [0.4, 0.5) is 0 Å². The molecule has 1 aromatic heterocycles. The van der Waals surface area contributed by atoms with Gasteiger partial charge in [-0.3, -0.25) is 15.2 Å². The molecule has 0 aromatic carbocycles. The minimum Gasteiger partial charge on any atom is -0.278 e. The smallest absolute Gasteiger partial charge is 0.266 e. The average Bonchev–Trinajstić information content (AvgIpc) is 2.07. The molecule has 0 aliphatic carbocycles. The predicted octanol–water partition coefficient (Wildman–Crippen LogP) is 0.666. The van der Waals surface area contributed by atoms with E-state index in [1.807, 2.05) is 22.9 Å². The van der Waals surface area contributed by atoms with Gasteiger partial charge in [0.25, 0.3) is 5.91 Å². The number of aromatic nitrogens is 1. The van der Waals surface area contributed by atoms with E-state index in [4.69, 9.17) is 0 Å². The molecule has 5 heteroatoms. The summed E-state index contributed by atoms with van der Waals surface area (Å²) in [6, 6.07) is 3.28. The standard InChI is InChI=1S/C6H6IN3O/c7-10-9-6(11)5-1-3-8-4-2-5/h1-4,10H,(H,9,11). The van der Waals surface area contributed by atoms with E-state index in [-0.39, 0.29) is 5.91 Å². The molecule has 0 aliphatic rings. The fourth-order valence-electron chi connectivity index (χ4n) is 0.618. The first-order valence-electron chi connectivity index (χ1n) is 2.90. The Kier molecular flexibility index (Phi) is 3.24. The van der Waals surface area contributed by atoms with Crippen molar-refractivity contribution in [1.29, 1.82) is 0 Å². The molecule has 0 unspecified atom stereocenters. The molecule has 11 heavy (non-hydrogen) atoms. The second kappa shape index (κ2) is 4.24. The van der Waals surface area contributed by atoms with Gasteiger partial charge < -0.3 is 0 Å². The van der Waals surface area contributed by atoms with Crippen LogP contribution < -0.4 is 9.06 Å². The molecule has 58 valence electrons. The topological polar surface area (TPSA) is 54.0 Å². The lowest BCUT2D eigenvalue weighted by atomic mass is 10.3. The summed E-state index contributed by atoms with van der Waals surface area (Å²) >= 11 is 1.83. The van der Waals surface area contributed by atoms with Crippen molar-refractivity contribution in [2.75, 3.05) is 0 Å². The van der Waals surface area contributed by atoms with E-state index in [9.17, 15) is 4.79 Å². The summed E-state index contributed by atoms with van der Waals surface area (Å²) in [6.07, 6.45) is 3.14. The number of nitrogens with zero attached hydrogens (tertiary/aromatic N) is 1. The first-order valence-corrected chi connectivity index (χ1v) is 3.98. The third-order valence-electron chi connectivity index (χ3n) is 1.10. The van der Waals surface area contributed by atoms with Crippen molar-refractivity contribution in [2.45, 2.75) is 0 Å². The van der Waals surface area contributed by atoms with Gasteiger partial charge >= 0.3 is 0 Å². The molecule has 0 fully saturated rings. The number of amides is 1. The number of halogens is 1. The fraction of sp³-hybridized carbons (Fsp3) is 0. The van der Waals surface area contributed by atoms with Crippen LogP contribution in [0.5, 0.6) is 0 Å². The summed E-state index contributed by atoms with van der Waals surface area (Å²) in [4.78, 5) is 14.8. The number of carbonyl (C=O) groups is 1. The van der Waals surface area contributed by atoms with Crippen molar-refractivity contribution in [3.63, 3.8) is 0 Å². The molecule has 1 heterocycles. The molecular formula is C6H6IN3O. The van der Waals surface area contributed by atoms with E-state index < -0.39 is 0 Å². The van der Waals surface area contributed by atoms with Crippen LogP contribution in [0.15, 0.2) is 24.5 Å². The van der Waals surface area contributed by atoms with Crippen LogP contribution in [-0.4, -0.2) is 10.9 Å². The quantitative estimate of drug-likeness (QED) is 0.468. The third kappa shape index (κ3) is 2.43. The molecule has 1 amide bonds. The highest BCUT2D eigenvalue weighted by Gasteiger charge is 2.00. The number of rotatable bonds is 2. The Morgan fingerprint density at radius 2 is 2.09 bits per heavy atom. The minimum absolute atomic E-state index is 0.165. The number of pyridine rings is 1. The monoisotopic (exact) mass is 263 g/mol. The van der Waals surface area contributed by atoms with Crippen molar-refractivity contribution in [2.24, 2.45) is 0 Å². The highest BCUT2D eigenvalue weighted by molar-refractivity contribution is 14.1. The van der Waals surface area contributed by atoms with Gasteiger partial charge in [-0.05, 0) is 12.1 Å². The first kappa shape index (κ1) is 8.41. The summed E-state index contributed by atoms with van der Waals surface area (Å²) in [5, 5.41) is 0. The highest BCUT2D eigenvalue weighted by Crippen LogP contribution is 1.94. The number of nitrogens with one attached hydrogen (secondary N) is 2. The largest absolute Gasteiger partial charge is 0.278 e. The maximum absolute atomic E-state index is 11.0. The van der Waals surface area contributed by atoms with Crippen LogP contribution in [0.1, 0.15) is 10.4 Å². The Bertz CT molecular complexity index is 239. The summed E-state index contributed by atoms with van der Waals surface area (Å²) < 4.78 is 2.52. The van der Waals surface area contributed by atoms with E-state index in [1.54, 1.807) is 24.5 Å². The van der Waals surface area contributed by atoms with Gasteiger partial charge in [-0.25, -0.2) is 0 Å². The predicted molar refractivity (Wildman–Crippen MR) is 48.9 cm³/mol. The summed E-state index contributed by atoms with van der Waals surface area (Å²) in [5.41, 5.74) is 3.02. The van der Waals surface area contributed by atoms with Gasteiger partial charge in [0.2, 0.25) is 0 Å². The molecule has 4 nitrogen and oxygen atoms in total. The van der Waals surface area contributed by atoms with Gasteiger partial charge in [-0.1, -0.05) is 0 Å². The third-order valence-corrected chi connectivity index (χ3v) is 1.37. The van der Waals surface area contributed by atoms with Crippen LogP contribution in [0.25, 0.3) is 0 Å². The maximum Gasteiger partial charge on any atom is 0.266 e. The zero-order valence-electron chi connectivity index (χ0n) is 5.54. The molecule has 0 spiro atoms. The van der Waals surface area contributed by atoms with Gasteiger partial charge in [0.1, 0.15) is 0 Å². The molecular weight excluding hydrogens is 257 g/mol. The van der Waals surface area contributed by atoms with Gasteiger partial charge in [0.05, 0.1) is 0 Å². The van der Waals surface area contributed by atoms with Crippen LogP contribution in [-0.2, 0) is 0 Å². The highest BCUT2D eigenvalue weighted by atomic mass is 127. The fourth-order valence-corrected chi connectivity index (χ4v) is 0.863. The number of hydrogen-bond donors (Lipinski definition) is 2. The van der Waals surface area contributed by atoms with Crippen LogP contribution in [0.2, 0.25) is 0 Å². The van der Waals surface area contributed by atoms with Crippen molar-refractivity contribution in [1.82, 2.24) is 14.0 Å². The van der Waals surface area contributed by atoms with E-state index in [2.05, 4.69) is 14.0 Å². The second-order valence-corrected chi connectivity index (χ2v) is 2.32. The van der Waals surface area contributed by atoms with E-state index >= 15 is 0 Å². The Balaban J connectivity index is 2.69. The average molecular weight is 263 g/mol. The van der Waals surface area contributed by atoms with Crippen molar-refractivity contribution in [3.05, 3.63) is 30.1 Å². The van der Waals surface area contributed by atoms with Crippen molar-refractivity contribution < 1.29 is 4.79 Å². The molecule has 1 aromatic rings. The number of hydrogen-bond acceptors (Lipinski definition) is 3. The molecule has 0 bridgehead atoms. The minimum atomic E-state index is -0.165. The van der Waals surface area contributed by atoms with Gasteiger partial charge in [-0.2, -0.15) is 3.64 Å². The van der Waals surface area contributed by atoms with E-state index in [0.29, 0.717) is 5.56 Å². The van der Waals surface area contributed by atoms with E-state index in [0.717, 1.165) is 0 Å². The Morgan fingerprint density at radius 3 is 2.64 bits per heavy atom. The molecule has 1 rings (SSSR count). The zero-order valence-corrected chi connectivity index (χ0v) is 7.70. The lowest BCUT2D eigenvalue weighted by molar-refractivity contribution is 0.0949. The summed E-state index contributed by atoms with van der Waals surface area (Å²) in [7, 11) is 0. The van der Waals surface area contributed by atoms with Crippen molar-refractivity contribution >= 4 is 28.8 Å². The SMILES string of the molecule is O=C(NNI)c1ccncc1. The number of hydrazine groups is 1. The lowest BCUT2D eigenvalue weighted by Gasteiger charge is -1.99. The van der Waals surface area contributed by atoms with Crippen molar-refractivity contribution in [3.8, 4) is 0 Å². The summed E-state index contributed by atoms with van der Waals surface area (Å²) in [6.45, 7) is 0. The molecule has 0 radical (unpaired) electrons. The van der Waals surface area contributed by atoms with Gasteiger partial charge in [-0.15, -0.1) is 0 Å². The molecule has 2 N–H and O–H groups in total. The normalized spacial score (nSPS) is 9.18. The Labute approximate surface area is 77.9 Å². The van der Waals surface area contributed by atoms with Crippen LogP contribution >= 0.6 is 22.9 Å². The Hall–Kier alpha value is -0.690. The zero-order chi connectivity index (χ0) is 8.10. The second-order valence-electron chi connectivity index (χ2n) is 1.78. The molecule has 0 saturated carbocycles. The molecule has 0 saturated heterocycles. The maximum atomic E-state index is 11.0. The van der Waals surface area contributed by atoms with Crippen LogP contribution in [0, 0.1) is 0 Å². The van der Waals surface area contributed by atoms with E-state index in [1.165, 1.54) is 0 Å². The molecule has 0 aliphatic heterocycles. The molecule has 0 atom stereocenters. The first-order chi connectivity index (χ1) is 5.34. The van der Waals surface area contributed by atoms with Gasteiger partial charge in [0.15, 0.2) is 0 Å². The lowest BCUT2D eigenvalue weighted by Crippen LogP contribution is -2.29. The number of carbonyl (C=O) groups excluding carboxylic acids is 1. The summed E-state index contributed by atoms with van der Waals surface area (Å²) in [5.74, 6) is -0.165. The Morgan fingerprint density at radius 1 is 1.45 bits per heavy atom.